The lowest BCUT2D eigenvalue weighted by Crippen LogP contribution is -2.48. The molecule has 0 spiro atoms. The van der Waals surface area contributed by atoms with Gasteiger partial charge in [-0.25, -0.2) is 4.98 Å². The number of imidazole rings is 1. The summed E-state index contributed by atoms with van der Waals surface area (Å²) in [5, 5.41) is 0. The van der Waals surface area contributed by atoms with E-state index in [9.17, 15) is 0 Å². The lowest BCUT2D eigenvalue weighted by atomic mass is 9.77. The number of ether oxygens (including phenoxy) is 1. The van der Waals surface area contributed by atoms with Gasteiger partial charge < -0.3 is 19.9 Å². The molecule has 0 amide bonds. The molecular weight excluding hydrogens is 470 g/mol. The van der Waals surface area contributed by atoms with Gasteiger partial charge in [-0.05, 0) is 49.1 Å². The van der Waals surface area contributed by atoms with Gasteiger partial charge in [0, 0.05) is 37.3 Å². The lowest BCUT2D eigenvalue weighted by Gasteiger charge is -2.38. The molecular formula is C32H41N5O. The highest BCUT2D eigenvalue weighted by atomic mass is 16.5. The topological polar surface area (TPSA) is 59.6 Å². The number of nitrogens with two attached hydrogens (primary N) is 1. The molecule has 2 heterocycles. The van der Waals surface area contributed by atoms with Crippen LogP contribution in [0.3, 0.4) is 0 Å². The number of hydrogen-bond donors (Lipinski definition) is 1. The van der Waals surface area contributed by atoms with Crippen LogP contribution in [0.25, 0.3) is 11.0 Å². The molecule has 0 aliphatic carbocycles. The number of para-hydroxylation sites is 3. The fraction of sp³-hybridized carbons (Fsp3) is 0.406. The highest BCUT2D eigenvalue weighted by molar-refractivity contribution is 5.79. The first kappa shape index (κ1) is 26.3. The summed E-state index contributed by atoms with van der Waals surface area (Å²) in [5.74, 6) is 2.27. The zero-order chi connectivity index (χ0) is 26.5. The van der Waals surface area contributed by atoms with Gasteiger partial charge in [0.2, 0.25) is 5.95 Å². The lowest BCUT2D eigenvalue weighted by molar-refractivity contribution is 0.220. The van der Waals surface area contributed by atoms with E-state index in [1.54, 1.807) is 7.11 Å². The predicted octanol–water partition coefficient (Wildman–Crippen LogP) is 5.51. The first-order chi connectivity index (χ1) is 18.5. The maximum absolute atomic E-state index is 7.05. The molecule has 6 heteroatoms. The summed E-state index contributed by atoms with van der Waals surface area (Å²) in [6, 6.07) is 27.4. The van der Waals surface area contributed by atoms with Crippen LogP contribution in [0.5, 0.6) is 5.75 Å². The molecule has 6 nitrogen and oxygen atoms in total. The molecule has 1 fully saturated rings. The second-order valence-electron chi connectivity index (χ2n) is 10.8. The Labute approximate surface area is 227 Å². The van der Waals surface area contributed by atoms with E-state index in [1.807, 2.05) is 12.1 Å². The smallest absolute Gasteiger partial charge is 0.206 e. The Bertz CT molecular complexity index is 1330. The standard InChI is InChI=1S/C32H41N5O/c1-25(2)32(33,27-14-7-10-17-30(27)38-3)18-11-19-35-20-22-36(23-21-35)31-34-28-15-8-9-16-29(28)37(31)24-26-12-5-4-6-13-26/h4-10,12-17,25H,11,18-24,33H2,1-3H3. The third kappa shape index (κ3) is 5.42. The molecule has 3 aromatic carbocycles. The van der Waals surface area contributed by atoms with Crippen molar-refractivity contribution in [3.63, 3.8) is 0 Å². The third-order valence-corrected chi connectivity index (χ3v) is 8.18. The van der Waals surface area contributed by atoms with E-state index in [1.165, 1.54) is 11.1 Å². The molecule has 1 atom stereocenters. The second kappa shape index (κ2) is 11.6. The summed E-state index contributed by atoms with van der Waals surface area (Å²) < 4.78 is 8.03. The van der Waals surface area contributed by atoms with E-state index in [2.05, 4.69) is 94.9 Å². The zero-order valence-electron chi connectivity index (χ0n) is 23.0. The minimum Gasteiger partial charge on any atom is -0.496 e. The molecule has 1 aliphatic rings. The summed E-state index contributed by atoms with van der Waals surface area (Å²) in [6.45, 7) is 10.3. The minimum atomic E-state index is -0.406. The molecule has 1 unspecified atom stereocenters. The quantitative estimate of drug-likeness (QED) is 0.304. The van der Waals surface area contributed by atoms with Gasteiger partial charge >= 0.3 is 0 Å². The van der Waals surface area contributed by atoms with E-state index in [-0.39, 0.29) is 0 Å². The van der Waals surface area contributed by atoms with Crippen LogP contribution < -0.4 is 15.4 Å². The van der Waals surface area contributed by atoms with Crippen molar-refractivity contribution in [2.24, 2.45) is 11.7 Å². The molecule has 1 saturated heterocycles. The van der Waals surface area contributed by atoms with Gasteiger partial charge in [0.25, 0.3) is 0 Å². The van der Waals surface area contributed by atoms with Crippen molar-refractivity contribution < 1.29 is 4.74 Å². The largest absolute Gasteiger partial charge is 0.496 e. The van der Waals surface area contributed by atoms with Gasteiger partial charge in [0.05, 0.1) is 24.7 Å². The number of benzene rings is 3. The molecule has 5 rings (SSSR count). The first-order valence-electron chi connectivity index (χ1n) is 13.9. The fourth-order valence-electron chi connectivity index (χ4n) is 5.76. The van der Waals surface area contributed by atoms with Crippen molar-refractivity contribution in [1.29, 1.82) is 0 Å². The number of fused-ring (bicyclic) bond motifs is 1. The number of anilines is 1. The van der Waals surface area contributed by atoms with Crippen LogP contribution in [-0.2, 0) is 12.1 Å². The van der Waals surface area contributed by atoms with Crippen LogP contribution in [0.1, 0.15) is 37.8 Å². The maximum Gasteiger partial charge on any atom is 0.206 e. The second-order valence-corrected chi connectivity index (χ2v) is 10.8. The Morgan fingerprint density at radius 2 is 1.58 bits per heavy atom. The van der Waals surface area contributed by atoms with E-state index in [0.29, 0.717) is 5.92 Å². The molecule has 200 valence electrons. The number of nitrogens with zero attached hydrogens (tertiary/aromatic N) is 4. The molecule has 2 N–H and O–H groups in total. The van der Waals surface area contributed by atoms with Crippen LogP contribution in [0.4, 0.5) is 5.95 Å². The summed E-state index contributed by atoms with van der Waals surface area (Å²) in [4.78, 5) is 10.1. The zero-order valence-corrected chi connectivity index (χ0v) is 23.0. The van der Waals surface area contributed by atoms with Crippen LogP contribution in [0.2, 0.25) is 0 Å². The number of rotatable bonds is 10. The number of aromatic nitrogens is 2. The first-order valence-corrected chi connectivity index (χ1v) is 13.9. The predicted molar refractivity (Wildman–Crippen MR) is 157 cm³/mol. The molecule has 0 radical (unpaired) electrons. The van der Waals surface area contributed by atoms with Crippen molar-refractivity contribution in [2.45, 2.75) is 38.8 Å². The molecule has 0 bridgehead atoms. The van der Waals surface area contributed by atoms with Gasteiger partial charge in [0.15, 0.2) is 0 Å². The molecule has 0 saturated carbocycles. The Hall–Kier alpha value is -3.35. The molecule has 38 heavy (non-hydrogen) atoms. The Morgan fingerprint density at radius 3 is 2.32 bits per heavy atom. The maximum atomic E-state index is 7.05. The molecule has 4 aromatic rings. The van der Waals surface area contributed by atoms with Crippen molar-refractivity contribution >= 4 is 17.0 Å². The van der Waals surface area contributed by atoms with Crippen molar-refractivity contribution in [1.82, 2.24) is 14.5 Å². The molecule has 1 aromatic heterocycles. The number of piperazine rings is 1. The van der Waals surface area contributed by atoms with E-state index in [4.69, 9.17) is 15.5 Å². The van der Waals surface area contributed by atoms with Crippen LogP contribution in [0.15, 0.2) is 78.9 Å². The van der Waals surface area contributed by atoms with Gasteiger partial charge in [-0.3, -0.25) is 4.90 Å². The molecule has 1 aliphatic heterocycles. The number of hydrogen-bond acceptors (Lipinski definition) is 5. The van der Waals surface area contributed by atoms with Crippen LogP contribution in [-0.4, -0.2) is 54.3 Å². The summed E-state index contributed by atoms with van der Waals surface area (Å²) in [6.07, 6.45) is 1.98. The average Bonchev–Trinajstić information content (AvgIpc) is 3.32. The van der Waals surface area contributed by atoms with Crippen molar-refractivity contribution in [2.75, 3.05) is 44.7 Å². The monoisotopic (exact) mass is 511 g/mol. The number of methoxy groups -OCH3 is 1. The summed E-state index contributed by atoms with van der Waals surface area (Å²) in [7, 11) is 1.73. The van der Waals surface area contributed by atoms with Crippen LogP contribution in [0, 0.1) is 5.92 Å². The highest BCUT2D eigenvalue weighted by Gasteiger charge is 2.33. The minimum absolute atomic E-state index is 0.313. The van der Waals surface area contributed by atoms with Gasteiger partial charge in [-0.1, -0.05) is 74.5 Å². The average molecular weight is 512 g/mol. The normalized spacial score (nSPS) is 16.2. The SMILES string of the molecule is COc1ccccc1C(N)(CCCN1CCN(c2nc3ccccc3n2Cc2ccccc2)CC1)C(C)C. The van der Waals surface area contributed by atoms with Gasteiger partial charge in [0.1, 0.15) is 5.75 Å². The third-order valence-electron chi connectivity index (χ3n) is 8.18. The van der Waals surface area contributed by atoms with E-state index < -0.39 is 5.54 Å². The Kier molecular flexibility index (Phi) is 8.01. The van der Waals surface area contributed by atoms with E-state index in [0.717, 1.165) is 74.9 Å². The summed E-state index contributed by atoms with van der Waals surface area (Å²) in [5.41, 5.74) is 11.3. The van der Waals surface area contributed by atoms with Gasteiger partial charge in [-0.2, -0.15) is 0 Å². The Balaban J connectivity index is 1.23. The van der Waals surface area contributed by atoms with Crippen molar-refractivity contribution in [3.05, 3.63) is 90.0 Å². The fourth-order valence-corrected chi connectivity index (χ4v) is 5.76. The van der Waals surface area contributed by atoms with Crippen LogP contribution >= 0.6 is 0 Å². The highest BCUT2D eigenvalue weighted by Crippen LogP contribution is 2.37. The Morgan fingerprint density at radius 1 is 0.895 bits per heavy atom. The van der Waals surface area contributed by atoms with Gasteiger partial charge in [-0.15, -0.1) is 0 Å². The van der Waals surface area contributed by atoms with Crippen molar-refractivity contribution in [3.8, 4) is 5.75 Å². The summed E-state index contributed by atoms with van der Waals surface area (Å²) >= 11 is 0. The van der Waals surface area contributed by atoms with E-state index >= 15 is 0 Å².